The highest BCUT2D eigenvalue weighted by molar-refractivity contribution is 5.06. The molecule has 0 saturated carbocycles. The second-order valence-electron chi connectivity index (χ2n) is 16.0. The van der Waals surface area contributed by atoms with Crippen LogP contribution in [0.1, 0.15) is 110 Å². The van der Waals surface area contributed by atoms with Gasteiger partial charge in [-0.15, -0.1) is 0 Å². The Kier molecular flexibility index (Phi) is 12.4. The third kappa shape index (κ3) is 12.1. The van der Waals surface area contributed by atoms with Crippen LogP contribution in [0, 0.1) is 17.8 Å². The minimum atomic E-state index is -1.000. The molecule has 1 fully saturated rings. The average molecular weight is 577 g/mol. The molecule has 1 aliphatic rings. The number of rotatable bonds is 17. The van der Waals surface area contributed by atoms with Crippen LogP contribution in [-0.4, -0.2) is 93.7 Å². The van der Waals surface area contributed by atoms with Crippen molar-refractivity contribution in [2.24, 2.45) is 17.8 Å². The molecule has 1 rings (SSSR count). The van der Waals surface area contributed by atoms with E-state index < -0.39 is 39.2 Å². The number of ether oxygens (including phenoxy) is 5. The van der Waals surface area contributed by atoms with Crippen LogP contribution < -0.4 is 0 Å². The van der Waals surface area contributed by atoms with Crippen LogP contribution in [-0.2, 0) is 23.7 Å². The summed E-state index contributed by atoms with van der Waals surface area (Å²) in [4.78, 5) is 0. The lowest BCUT2D eigenvalue weighted by Gasteiger charge is -2.49. The third-order valence-electron chi connectivity index (χ3n) is 7.88. The second kappa shape index (κ2) is 13.1. The lowest BCUT2D eigenvalue weighted by Crippen LogP contribution is -2.56. The summed E-state index contributed by atoms with van der Waals surface area (Å²) in [5.41, 5.74) is -5.45. The Labute approximate surface area is 245 Å². The summed E-state index contributed by atoms with van der Waals surface area (Å²) in [7, 11) is 0. The van der Waals surface area contributed by atoms with Gasteiger partial charge >= 0.3 is 0 Å². The van der Waals surface area contributed by atoms with Crippen molar-refractivity contribution in [1.82, 2.24) is 0 Å². The Bertz CT molecular complexity index is 767. The second-order valence-corrected chi connectivity index (χ2v) is 16.0. The predicted molar refractivity (Wildman–Crippen MR) is 160 cm³/mol. The third-order valence-corrected chi connectivity index (χ3v) is 7.88. The largest absolute Gasteiger partial charge is 0.388 e. The fourth-order valence-electron chi connectivity index (χ4n) is 5.67. The summed E-state index contributed by atoms with van der Waals surface area (Å²) in [6.07, 6.45) is 0.350. The molecule has 8 nitrogen and oxygen atoms in total. The quantitative estimate of drug-likeness (QED) is 0.219. The van der Waals surface area contributed by atoms with Crippen molar-refractivity contribution in [3.63, 3.8) is 0 Å². The molecule has 0 amide bonds. The van der Waals surface area contributed by atoms with E-state index in [1.54, 1.807) is 41.5 Å². The highest BCUT2D eigenvalue weighted by atomic mass is 16.5. The van der Waals surface area contributed by atoms with Crippen LogP contribution in [0.5, 0.6) is 0 Å². The summed E-state index contributed by atoms with van der Waals surface area (Å²) < 4.78 is 32.2. The minimum absolute atomic E-state index is 0.0838. The number of aliphatic hydroxyl groups is 3. The lowest BCUT2D eigenvalue weighted by molar-refractivity contribution is -0.189. The van der Waals surface area contributed by atoms with E-state index in [2.05, 4.69) is 41.5 Å². The van der Waals surface area contributed by atoms with Crippen molar-refractivity contribution in [1.29, 1.82) is 0 Å². The van der Waals surface area contributed by atoms with E-state index >= 15 is 0 Å². The van der Waals surface area contributed by atoms with E-state index in [9.17, 15) is 15.3 Å². The monoisotopic (exact) mass is 576 g/mol. The van der Waals surface area contributed by atoms with Crippen molar-refractivity contribution < 1.29 is 39.0 Å². The van der Waals surface area contributed by atoms with Gasteiger partial charge in [0, 0.05) is 24.4 Å². The van der Waals surface area contributed by atoms with Crippen molar-refractivity contribution >= 4 is 0 Å². The maximum atomic E-state index is 10.5. The molecular weight excluding hydrogens is 512 g/mol. The molecule has 4 atom stereocenters. The summed E-state index contributed by atoms with van der Waals surface area (Å²) in [5, 5.41) is 31.4. The van der Waals surface area contributed by atoms with Gasteiger partial charge in [0.25, 0.3) is 0 Å². The molecule has 3 N–H and O–H groups in total. The lowest BCUT2D eigenvalue weighted by atomic mass is 9.65. The Morgan fingerprint density at radius 3 is 1.50 bits per heavy atom. The van der Waals surface area contributed by atoms with E-state index in [0.717, 1.165) is 0 Å². The highest BCUT2D eigenvalue weighted by Crippen LogP contribution is 2.50. The summed E-state index contributed by atoms with van der Waals surface area (Å²) in [6, 6.07) is 0. The highest BCUT2D eigenvalue weighted by Gasteiger charge is 2.58. The molecule has 0 aliphatic carbocycles. The van der Waals surface area contributed by atoms with Crippen molar-refractivity contribution in [2.75, 3.05) is 33.0 Å². The standard InChI is InChI=1S/C32H64O8/c1-16-37-29(8,9)17-22(30(10,11)38-19-26(2,3)33)25-24(32(14,15)40-21-28(6,7)35)23(18-36-25)31(12,13)39-20-27(4,5)34/h22-25,33-35H,16-21H2,1-15H3. The van der Waals surface area contributed by atoms with E-state index in [0.29, 0.717) is 19.6 Å². The van der Waals surface area contributed by atoms with Gasteiger partial charge in [-0.3, -0.25) is 0 Å². The van der Waals surface area contributed by atoms with E-state index in [4.69, 9.17) is 23.7 Å². The van der Waals surface area contributed by atoms with Gasteiger partial charge in [0.05, 0.1) is 71.7 Å². The zero-order valence-electron chi connectivity index (χ0n) is 28.4. The minimum Gasteiger partial charge on any atom is -0.388 e. The molecule has 1 heterocycles. The van der Waals surface area contributed by atoms with Crippen molar-refractivity contribution in [3.05, 3.63) is 0 Å². The molecule has 0 aromatic rings. The zero-order chi connectivity index (χ0) is 31.6. The Morgan fingerprint density at radius 2 is 1.07 bits per heavy atom. The van der Waals surface area contributed by atoms with Gasteiger partial charge in [0.2, 0.25) is 0 Å². The maximum absolute atomic E-state index is 10.5. The molecule has 240 valence electrons. The Balaban J connectivity index is 3.64. The van der Waals surface area contributed by atoms with Crippen LogP contribution in [0.15, 0.2) is 0 Å². The predicted octanol–water partition coefficient (Wildman–Crippen LogP) is 5.14. The molecule has 1 saturated heterocycles. The Hall–Kier alpha value is -0.320. The van der Waals surface area contributed by atoms with Crippen molar-refractivity contribution in [3.8, 4) is 0 Å². The van der Waals surface area contributed by atoms with Gasteiger partial charge in [-0.25, -0.2) is 0 Å². The fraction of sp³-hybridized carbons (Fsp3) is 1.00. The summed E-state index contributed by atoms with van der Waals surface area (Å²) in [6.45, 7) is 30.4. The zero-order valence-corrected chi connectivity index (χ0v) is 28.4. The fourth-order valence-corrected chi connectivity index (χ4v) is 5.67. The maximum Gasteiger partial charge on any atom is 0.0824 e. The van der Waals surface area contributed by atoms with Gasteiger partial charge in [0.15, 0.2) is 0 Å². The van der Waals surface area contributed by atoms with Crippen LogP contribution in [0.25, 0.3) is 0 Å². The molecule has 0 bridgehead atoms. The average Bonchev–Trinajstić information content (AvgIpc) is 3.19. The first kappa shape index (κ1) is 37.7. The topological polar surface area (TPSA) is 107 Å². The smallest absolute Gasteiger partial charge is 0.0824 e. The SMILES string of the molecule is CCOC(C)(C)CC(C1OCC(C(C)(C)OCC(C)(C)O)C1C(C)(C)OCC(C)(C)O)C(C)(C)OCC(C)(C)O. The van der Waals surface area contributed by atoms with Gasteiger partial charge in [-0.1, -0.05) is 0 Å². The molecule has 40 heavy (non-hydrogen) atoms. The van der Waals surface area contributed by atoms with Gasteiger partial charge in [-0.05, 0) is 110 Å². The van der Waals surface area contributed by atoms with Crippen LogP contribution in [0.3, 0.4) is 0 Å². The first-order valence-electron chi connectivity index (χ1n) is 15.0. The number of hydrogen-bond donors (Lipinski definition) is 3. The Morgan fingerprint density at radius 1 is 0.650 bits per heavy atom. The molecule has 8 heteroatoms. The number of hydrogen-bond acceptors (Lipinski definition) is 8. The van der Waals surface area contributed by atoms with E-state index in [1.165, 1.54) is 0 Å². The van der Waals surface area contributed by atoms with Gasteiger partial charge in [0.1, 0.15) is 0 Å². The van der Waals surface area contributed by atoms with Crippen molar-refractivity contribution in [2.45, 2.75) is 156 Å². The van der Waals surface area contributed by atoms with E-state index in [1.807, 2.05) is 20.8 Å². The molecule has 4 unspecified atom stereocenters. The molecule has 1 aliphatic heterocycles. The van der Waals surface area contributed by atoms with Crippen LogP contribution >= 0.6 is 0 Å². The molecule has 0 radical (unpaired) electrons. The molecule has 0 aromatic heterocycles. The van der Waals surface area contributed by atoms with Gasteiger partial charge < -0.3 is 39.0 Å². The molecular formula is C32H64O8. The van der Waals surface area contributed by atoms with Gasteiger partial charge in [-0.2, -0.15) is 0 Å². The first-order chi connectivity index (χ1) is 17.6. The summed E-state index contributed by atoms with van der Waals surface area (Å²) >= 11 is 0. The normalized spacial score (nSPS) is 23.1. The van der Waals surface area contributed by atoms with E-state index in [-0.39, 0.29) is 43.7 Å². The van der Waals surface area contributed by atoms with Crippen LogP contribution in [0.4, 0.5) is 0 Å². The molecule has 0 aromatic carbocycles. The van der Waals surface area contributed by atoms with Crippen LogP contribution in [0.2, 0.25) is 0 Å². The molecule has 0 spiro atoms. The summed E-state index contributed by atoms with van der Waals surface area (Å²) in [5.74, 6) is -0.375. The first-order valence-corrected chi connectivity index (χ1v) is 15.0.